The fourth-order valence-electron chi connectivity index (χ4n) is 3.28. The number of imide groups is 1. The van der Waals surface area contributed by atoms with Gasteiger partial charge in [0.05, 0.1) is 5.56 Å². The van der Waals surface area contributed by atoms with Crippen LogP contribution in [-0.4, -0.2) is 33.5 Å². The first-order valence-electron chi connectivity index (χ1n) is 7.65. The second-order valence-corrected chi connectivity index (χ2v) is 6.12. The van der Waals surface area contributed by atoms with Crippen molar-refractivity contribution in [1.29, 1.82) is 0 Å². The van der Waals surface area contributed by atoms with Crippen LogP contribution in [0.2, 0.25) is 0 Å². The maximum atomic E-state index is 12.7. The van der Waals surface area contributed by atoms with Gasteiger partial charge in [0.1, 0.15) is 5.54 Å². The molecular weight excluding hydrogens is 327 g/mol. The molecule has 0 radical (unpaired) electrons. The van der Waals surface area contributed by atoms with Gasteiger partial charge in [-0.1, -0.05) is 12.8 Å². The molecule has 1 N–H and O–H groups in total. The molecule has 9 heteroatoms. The van der Waals surface area contributed by atoms with Gasteiger partial charge in [0, 0.05) is 25.4 Å². The summed E-state index contributed by atoms with van der Waals surface area (Å²) >= 11 is 0. The smallest absolute Gasteiger partial charge is 0.323 e. The predicted octanol–water partition coefficient (Wildman–Crippen LogP) is 1.73. The lowest BCUT2D eigenvalue weighted by atomic mass is 9.98. The number of rotatable bonds is 3. The fourth-order valence-corrected chi connectivity index (χ4v) is 3.28. The monoisotopic (exact) mass is 343 g/mol. The summed E-state index contributed by atoms with van der Waals surface area (Å²) in [5, 5.41) is 2.69. The number of nitrogens with zero attached hydrogens (tertiary/aromatic N) is 2. The highest BCUT2D eigenvalue weighted by Gasteiger charge is 2.52. The van der Waals surface area contributed by atoms with E-state index < -0.39 is 28.9 Å². The highest BCUT2D eigenvalue weighted by molar-refractivity contribution is 6.07. The van der Waals surface area contributed by atoms with Crippen molar-refractivity contribution in [3.8, 4) is 0 Å². The number of amides is 3. The molecule has 130 valence electrons. The molecule has 1 spiro atoms. The topological polar surface area (TPSA) is 71.4 Å². The minimum Gasteiger partial charge on any atom is -0.323 e. The number of alkyl halides is 3. The lowest BCUT2D eigenvalue weighted by molar-refractivity contribution is -0.138. The lowest BCUT2D eigenvalue weighted by Gasteiger charge is -2.20. The van der Waals surface area contributed by atoms with E-state index in [2.05, 4.69) is 5.32 Å². The zero-order valence-electron chi connectivity index (χ0n) is 12.7. The molecular formula is C15H16F3N3O3. The van der Waals surface area contributed by atoms with E-state index in [0.29, 0.717) is 25.1 Å². The van der Waals surface area contributed by atoms with Gasteiger partial charge in [0.2, 0.25) is 0 Å². The second-order valence-electron chi connectivity index (χ2n) is 6.12. The van der Waals surface area contributed by atoms with Crippen molar-refractivity contribution in [3.63, 3.8) is 0 Å². The van der Waals surface area contributed by atoms with Crippen LogP contribution >= 0.6 is 0 Å². The van der Waals surface area contributed by atoms with Crippen LogP contribution in [0, 0.1) is 0 Å². The van der Waals surface area contributed by atoms with Crippen molar-refractivity contribution < 1.29 is 22.8 Å². The molecule has 1 aliphatic carbocycles. The van der Waals surface area contributed by atoms with E-state index in [1.807, 2.05) is 0 Å². The summed E-state index contributed by atoms with van der Waals surface area (Å²) in [5.41, 5.74) is -2.44. The summed E-state index contributed by atoms with van der Waals surface area (Å²) in [7, 11) is 0. The SMILES string of the molecule is O=C1NC2(CCCC2)C(=O)N1CCn1cc(C(F)(F)F)ccc1=O. The molecule has 24 heavy (non-hydrogen) atoms. The zero-order chi connectivity index (χ0) is 17.5. The van der Waals surface area contributed by atoms with Crippen molar-refractivity contribution in [1.82, 2.24) is 14.8 Å². The van der Waals surface area contributed by atoms with Gasteiger partial charge in [0.15, 0.2) is 0 Å². The molecule has 0 unspecified atom stereocenters. The van der Waals surface area contributed by atoms with Crippen molar-refractivity contribution in [2.24, 2.45) is 0 Å². The Morgan fingerprint density at radius 3 is 2.38 bits per heavy atom. The molecule has 1 saturated carbocycles. The van der Waals surface area contributed by atoms with E-state index in [-0.39, 0.29) is 19.0 Å². The highest BCUT2D eigenvalue weighted by Crippen LogP contribution is 2.35. The van der Waals surface area contributed by atoms with Gasteiger partial charge in [0.25, 0.3) is 11.5 Å². The maximum absolute atomic E-state index is 12.7. The van der Waals surface area contributed by atoms with Crippen LogP contribution in [0.3, 0.4) is 0 Å². The Labute approximate surface area is 135 Å². The Bertz CT molecular complexity index is 735. The largest absolute Gasteiger partial charge is 0.417 e. The van der Waals surface area contributed by atoms with Gasteiger partial charge in [-0.3, -0.25) is 14.5 Å². The van der Waals surface area contributed by atoms with E-state index in [4.69, 9.17) is 0 Å². The van der Waals surface area contributed by atoms with Gasteiger partial charge in [-0.05, 0) is 18.9 Å². The summed E-state index contributed by atoms with van der Waals surface area (Å²) in [6.45, 7) is -0.328. The average Bonchev–Trinajstić information content (AvgIpc) is 3.05. The zero-order valence-corrected chi connectivity index (χ0v) is 12.7. The minimum absolute atomic E-state index is 0.145. The molecule has 3 rings (SSSR count). The quantitative estimate of drug-likeness (QED) is 0.850. The Hall–Kier alpha value is -2.32. The first-order valence-corrected chi connectivity index (χ1v) is 7.65. The van der Waals surface area contributed by atoms with Crippen LogP contribution in [0.4, 0.5) is 18.0 Å². The van der Waals surface area contributed by atoms with Crippen LogP contribution in [0.1, 0.15) is 31.2 Å². The number of nitrogens with one attached hydrogen (secondary N) is 1. The number of hydrogen-bond donors (Lipinski definition) is 1. The molecule has 1 aliphatic heterocycles. The molecule has 2 heterocycles. The van der Waals surface area contributed by atoms with Crippen LogP contribution < -0.4 is 10.9 Å². The Morgan fingerprint density at radius 2 is 1.75 bits per heavy atom. The van der Waals surface area contributed by atoms with Crippen LogP contribution in [0.15, 0.2) is 23.1 Å². The van der Waals surface area contributed by atoms with Crippen LogP contribution in [0.25, 0.3) is 0 Å². The second kappa shape index (κ2) is 5.64. The third kappa shape index (κ3) is 2.78. The van der Waals surface area contributed by atoms with E-state index in [9.17, 15) is 27.6 Å². The Balaban J connectivity index is 1.75. The van der Waals surface area contributed by atoms with Crippen LogP contribution in [-0.2, 0) is 17.5 Å². The van der Waals surface area contributed by atoms with E-state index in [1.165, 1.54) is 0 Å². The van der Waals surface area contributed by atoms with Crippen molar-refractivity contribution in [3.05, 3.63) is 34.2 Å². The number of halogens is 3. The number of pyridine rings is 1. The lowest BCUT2D eigenvalue weighted by Crippen LogP contribution is -2.44. The van der Waals surface area contributed by atoms with Gasteiger partial charge >= 0.3 is 12.2 Å². The third-order valence-electron chi connectivity index (χ3n) is 4.58. The van der Waals surface area contributed by atoms with Crippen LogP contribution in [0.5, 0.6) is 0 Å². The molecule has 0 bridgehead atoms. The molecule has 3 amide bonds. The molecule has 1 aromatic heterocycles. The van der Waals surface area contributed by atoms with Crippen molar-refractivity contribution in [2.45, 2.75) is 43.9 Å². The first kappa shape index (κ1) is 16.5. The minimum atomic E-state index is -4.57. The Morgan fingerprint density at radius 1 is 1.08 bits per heavy atom. The number of hydrogen-bond acceptors (Lipinski definition) is 3. The third-order valence-corrected chi connectivity index (χ3v) is 4.58. The summed E-state index contributed by atoms with van der Waals surface area (Å²) < 4.78 is 39.0. The maximum Gasteiger partial charge on any atom is 0.417 e. The molecule has 2 fully saturated rings. The number of aromatic nitrogens is 1. The summed E-state index contributed by atoms with van der Waals surface area (Å²) in [5.74, 6) is -0.356. The van der Waals surface area contributed by atoms with Crippen molar-refractivity contribution >= 4 is 11.9 Å². The predicted molar refractivity (Wildman–Crippen MR) is 77.1 cm³/mol. The average molecular weight is 343 g/mol. The van der Waals surface area contributed by atoms with E-state index >= 15 is 0 Å². The van der Waals surface area contributed by atoms with Crippen molar-refractivity contribution in [2.75, 3.05) is 6.54 Å². The standard InChI is InChI=1S/C15H16F3N3O3/c16-15(17,18)10-3-4-11(22)20(9-10)7-8-21-12(23)14(19-13(21)24)5-1-2-6-14/h3-4,9H,1-2,5-8H2,(H,19,24). The Kier molecular flexibility index (Phi) is 3.89. The van der Waals surface area contributed by atoms with E-state index in [0.717, 1.165) is 28.4 Å². The molecule has 1 saturated heterocycles. The molecule has 0 atom stereocenters. The van der Waals surface area contributed by atoms with Gasteiger partial charge in [-0.25, -0.2) is 4.79 Å². The summed E-state index contributed by atoms with van der Waals surface area (Å²) in [4.78, 5) is 37.1. The first-order chi connectivity index (χ1) is 11.2. The summed E-state index contributed by atoms with van der Waals surface area (Å²) in [6.07, 6.45) is -1.05. The normalized spacial score (nSPS) is 20.0. The molecule has 2 aliphatic rings. The number of urea groups is 1. The molecule has 1 aromatic rings. The summed E-state index contributed by atoms with van der Waals surface area (Å²) in [6, 6.07) is 0.981. The fraction of sp³-hybridized carbons (Fsp3) is 0.533. The molecule has 0 aromatic carbocycles. The van der Waals surface area contributed by atoms with Gasteiger partial charge in [-0.2, -0.15) is 13.2 Å². The van der Waals surface area contributed by atoms with Gasteiger partial charge < -0.3 is 9.88 Å². The number of carbonyl (C=O) groups excluding carboxylic acids is 2. The molecule has 6 nitrogen and oxygen atoms in total. The van der Waals surface area contributed by atoms with E-state index in [1.54, 1.807) is 0 Å². The highest BCUT2D eigenvalue weighted by atomic mass is 19.4. The number of carbonyl (C=O) groups is 2. The van der Waals surface area contributed by atoms with Gasteiger partial charge in [-0.15, -0.1) is 0 Å².